The van der Waals surface area contributed by atoms with Crippen LogP contribution in [0.15, 0.2) is 63.9 Å². The fourth-order valence-electron chi connectivity index (χ4n) is 2.59. The van der Waals surface area contributed by atoms with Gasteiger partial charge in [-0.15, -0.1) is 6.42 Å². The normalized spacial score (nSPS) is 12.4. The first-order valence-electron chi connectivity index (χ1n) is 8.23. The maximum absolute atomic E-state index is 12.5. The standard InChI is InChI=1S/C20H18N2O4S/c1-3-11-21-27(24,25)17-9-6-8-16(12-17)20(23)22-14(2)19-13-15-7-4-5-10-18(15)26-19/h1,4-10,12-14,21H,11H2,2H3,(H,22,23). The number of para-hydroxylation sites is 1. The number of sulfonamides is 1. The van der Waals surface area contributed by atoms with E-state index in [2.05, 4.69) is 16.0 Å². The molecule has 1 unspecified atom stereocenters. The molecule has 0 fully saturated rings. The molecular formula is C20H18N2O4S. The number of fused-ring (bicyclic) bond motifs is 1. The number of hydrogen-bond donors (Lipinski definition) is 2. The topological polar surface area (TPSA) is 88.4 Å². The second-order valence-electron chi connectivity index (χ2n) is 5.94. The molecule has 6 nitrogen and oxygen atoms in total. The summed E-state index contributed by atoms with van der Waals surface area (Å²) in [5, 5.41) is 3.76. The number of furan rings is 1. The summed E-state index contributed by atoms with van der Waals surface area (Å²) in [5.74, 6) is 2.42. The highest BCUT2D eigenvalue weighted by molar-refractivity contribution is 7.89. The Morgan fingerprint density at radius 3 is 2.70 bits per heavy atom. The van der Waals surface area contributed by atoms with E-state index in [4.69, 9.17) is 10.8 Å². The third-order valence-corrected chi connectivity index (χ3v) is 5.39. The SMILES string of the molecule is C#CCNS(=O)(=O)c1cccc(C(=O)NC(C)c2cc3ccccc3o2)c1. The number of rotatable bonds is 6. The number of carbonyl (C=O) groups excluding carboxylic acids is 1. The van der Waals surface area contributed by atoms with Crippen LogP contribution in [0, 0.1) is 12.3 Å². The Morgan fingerprint density at radius 1 is 1.19 bits per heavy atom. The lowest BCUT2D eigenvalue weighted by molar-refractivity contribution is 0.0935. The number of carbonyl (C=O) groups is 1. The van der Waals surface area contributed by atoms with E-state index in [1.165, 1.54) is 18.2 Å². The van der Waals surface area contributed by atoms with Crippen molar-refractivity contribution in [2.75, 3.05) is 6.54 Å². The van der Waals surface area contributed by atoms with Crippen molar-refractivity contribution in [3.8, 4) is 12.3 Å². The molecule has 1 amide bonds. The molecule has 1 atom stereocenters. The van der Waals surface area contributed by atoms with Gasteiger partial charge in [0.15, 0.2) is 0 Å². The van der Waals surface area contributed by atoms with Crippen LogP contribution in [-0.4, -0.2) is 20.9 Å². The summed E-state index contributed by atoms with van der Waals surface area (Å²) in [7, 11) is -3.77. The van der Waals surface area contributed by atoms with Crippen LogP contribution in [0.1, 0.15) is 29.1 Å². The first-order chi connectivity index (χ1) is 12.9. The molecule has 0 bridgehead atoms. The minimum atomic E-state index is -3.77. The molecule has 0 saturated carbocycles. The molecule has 0 spiro atoms. The molecule has 2 aromatic carbocycles. The van der Waals surface area contributed by atoms with Gasteiger partial charge >= 0.3 is 0 Å². The van der Waals surface area contributed by atoms with E-state index in [1.807, 2.05) is 30.3 Å². The number of hydrogen-bond acceptors (Lipinski definition) is 4. The highest BCUT2D eigenvalue weighted by atomic mass is 32.2. The predicted octanol–water partition coefficient (Wildman–Crippen LogP) is 2.84. The molecule has 7 heteroatoms. The van der Waals surface area contributed by atoms with E-state index in [0.717, 1.165) is 11.0 Å². The molecule has 3 aromatic rings. The minimum absolute atomic E-state index is 0.0261. The molecule has 0 aliphatic carbocycles. The van der Waals surface area contributed by atoms with Crippen molar-refractivity contribution in [2.45, 2.75) is 17.9 Å². The largest absolute Gasteiger partial charge is 0.459 e. The summed E-state index contributed by atoms with van der Waals surface area (Å²) in [5.41, 5.74) is 0.961. The van der Waals surface area contributed by atoms with Gasteiger partial charge in [0.05, 0.1) is 17.5 Å². The Hall–Kier alpha value is -3.08. The molecule has 1 heterocycles. The summed E-state index contributed by atoms with van der Waals surface area (Å²) in [4.78, 5) is 12.5. The average Bonchev–Trinajstić information content (AvgIpc) is 3.11. The van der Waals surface area contributed by atoms with Gasteiger partial charge in [-0.1, -0.05) is 30.2 Å². The van der Waals surface area contributed by atoms with Gasteiger partial charge in [0.1, 0.15) is 11.3 Å². The van der Waals surface area contributed by atoms with E-state index in [-0.39, 0.29) is 23.0 Å². The van der Waals surface area contributed by atoms with E-state index in [1.54, 1.807) is 13.0 Å². The summed E-state index contributed by atoms with van der Waals surface area (Å²) >= 11 is 0. The molecule has 138 valence electrons. The molecule has 0 saturated heterocycles. The third kappa shape index (κ3) is 4.19. The first kappa shape index (κ1) is 18.7. The van der Waals surface area contributed by atoms with E-state index < -0.39 is 15.9 Å². The van der Waals surface area contributed by atoms with Gasteiger partial charge in [0, 0.05) is 10.9 Å². The van der Waals surface area contributed by atoms with E-state index in [9.17, 15) is 13.2 Å². The summed E-state index contributed by atoms with van der Waals surface area (Å²) in [6.07, 6.45) is 5.08. The monoisotopic (exact) mass is 382 g/mol. The number of terminal acetylenes is 1. The number of amides is 1. The van der Waals surface area contributed by atoms with E-state index >= 15 is 0 Å². The van der Waals surface area contributed by atoms with Gasteiger partial charge in [-0.3, -0.25) is 4.79 Å². The van der Waals surface area contributed by atoms with Crippen LogP contribution in [0.25, 0.3) is 11.0 Å². The summed E-state index contributed by atoms with van der Waals surface area (Å²) in [6, 6.07) is 14.8. The lowest BCUT2D eigenvalue weighted by Gasteiger charge is -2.12. The molecule has 27 heavy (non-hydrogen) atoms. The van der Waals surface area contributed by atoms with Gasteiger partial charge in [-0.05, 0) is 37.3 Å². The van der Waals surface area contributed by atoms with Gasteiger partial charge in [-0.25, -0.2) is 8.42 Å². The molecule has 0 aliphatic heterocycles. The zero-order chi connectivity index (χ0) is 19.4. The molecule has 3 rings (SSSR count). The maximum Gasteiger partial charge on any atom is 0.251 e. The zero-order valence-electron chi connectivity index (χ0n) is 14.6. The predicted molar refractivity (Wildman–Crippen MR) is 103 cm³/mol. The number of nitrogens with one attached hydrogen (secondary N) is 2. The van der Waals surface area contributed by atoms with Crippen molar-refractivity contribution in [1.82, 2.24) is 10.0 Å². The van der Waals surface area contributed by atoms with Crippen molar-refractivity contribution in [1.29, 1.82) is 0 Å². The fraction of sp³-hybridized carbons (Fsp3) is 0.150. The van der Waals surface area contributed by atoms with Crippen LogP contribution in [0.5, 0.6) is 0 Å². The lowest BCUT2D eigenvalue weighted by atomic mass is 10.1. The van der Waals surface area contributed by atoms with E-state index in [0.29, 0.717) is 5.76 Å². The Morgan fingerprint density at radius 2 is 1.96 bits per heavy atom. The van der Waals surface area contributed by atoms with Gasteiger partial charge in [-0.2, -0.15) is 4.72 Å². The van der Waals surface area contributed by atoms with Gasteiger partial charge in [0.25, 0.3) is 5.91 Å². The van der Waals surface area contributed by atoms with Crippen molar-refractivity contribution >= 4 is 26.9 Å². The molecule has 0 radical (unpaired) electrons. The Kier molecular flexibility index (Phi) is 5.31. The summed E-state index contributed by atoms with van der Waals surface area (Å²) < 4.78 is 32.3. The quantitative estimate of drug-likeness (QED) is 0.642. The maximum atomic E-state index is 12.5. The van der Waals surface area contributed by atoms with Crippen LogP contribution >= 0.6 is 0 Å². The van der Waals surface area contributed by atoms with Crippen molar-refractivity contribution in [3.63, 3.8) is 0 Å². The smallest absolute Gasteiger partial charge is 0.251 e. The highest BCUT2D eigenvalue weighted by Gasteiger charge is 2.18. The summed E-state index contributed by atoms with van der Waals surface area (Å²) in [6.45, 7) is 1.67. The van der Waals surface area contributed by atoms with Crippen LogP contribution in [0.2, 0.25) is 0 Å². The highest BCUT2D eigenvalue weighted by Crippen LogP contribution is 2.24. The van der Waals surface area contributed by atoms with Crippen molar-refractivity contribution in [2.24, 2.45) is 0 Å². The van der Waals surface area contributed by atoms with Crippen LogP contribution in [-0.2, 0) is 10.0 Å². The Bertz CT molecular complexity index is 1090. The Balaban J connectivity index is 1.78. The van der Waals surface area contributed by atoms with Crippen LogP contribution < -0.4 is 10.0 Å². The Labute approximate surface area is 157 Å². The lowest BCUT2D eigenvalue weighted by Crippen LogP contribution is -2.27. The fourth-order valence-corrected chi connectivity index (χ4v) is 3.57. The van der Waals surface area contributed by atoms with Crippen LogP contribution in [0.3, 0.4) is 0 Å². The molecule has 0 aliphatic rings. The second kappa shape index (κ2) is 7.66. The zero-order valence-corrected chi connectivity index (χ0v) is 15.4. The van der Waals surface area contributed by atoms with Gasteiger partial charge < -0.3 is 9.73 Å². The first-order valence-corrected chi connectivity index (χ1v) is 9.71. The van der Waals surface area contributed by atoms with Gasteiger partial charge in [0.2, 0.25) is 10.0 Å². The molecule has 2 N–H and O–H groups in total. The van der Waals surface area contributed by atoms with Crippen molar-refractivity contribution in [3.05, 3.63) is 65.9 Å². The van der Waals surface area contributed by atoms with Crippen molar-refractivity contribution < 1.29 is 17.6 Å². The third-order valence-electron chi connectivity index (χ3n) is 3.99. The molecule has 1 aromatic heterocycles. The number of benzene rings is 2. The molecular weight excluding hydrogens is 364 g/mol. The minimum Gasteiger partial charge on any atom is -0.459 e. The van der Waals surface area contributed by atoms with Crippen LogP contribution in [0.4, 0.5) is 0 Å². The second-order valence-corrected chi connectivity index (χ2v) is 7.71. The average molecular weight is 382 g/mol.